The highest BCUT2D eigenvalue weighted by atomic mass is 19.4. The van der Waals surface area contributed by atoms with Gasteiger partial charge in [-0.15, -0.1) is 0 Å². The van der Waals surface area contributed by atoms with E-state index >= 15 is 0 Å². The number of amides is 1. The fourth-order valence-electron chi connectivity index (χ4n) is 1.07. The van der Waals surface area contributed by atoms with Gasteiger partial charge in [0.15, 0.2) is 0 Å². The molecule has 0 saturated carbocycles. The summed E-state index contributed by atoms with van der Waals surface area (Å²) in [6.45, 7) is 0.376. The molecule has 1 amide bonds. The lowest BCUT2D eigenvalue weighted by atomic mass is 10.2. The number of allylic oxidation sites excluding steroid dienone is 1. The molecular weight excluding hydrogens is 171 g/mol. The molecule has 1 heterocycles. The Kier molecular flexibility index (Phi) is 2.12. The molecule has 1 aliphatic heterocycles. The van der Waals surface area contributed by atoms with Crippen LogP contribution < -0.4 is 0 Å². The van der Waals surface area contributed by atoms with Gasteiger partial charge in [0.05, 0.1) is 0 Å². The van der Waals surface area contributed by atoms with Crippen LogP contribution in [-0.4, -0.2) is 30.6 Å². The number of likely N-dealkylation sites (tertiary alicyclic amines) is 1. The molecular formula is C7H8F3NO. The highest BCUT2D eigenvalue weighted by molar-refractivity contribution is 5.95. The molecule has 1 fully saturated rings. The number of alkyl halides is 3. The Morgan fingerprint density at radius 3 is 2.42 bits per heavy atom. The number of carbonyl (C=O) groups is 1. The number of likely N-dealkylation sites (N-methyl/N-ethyl adjacent to an activating group) is 1. The molecule has 0 aromatic heterocycles. The Hall–Kier alpha value is -1.00. The molecule has 0 spiro atoms. The Balaban J connectivity index is 2.78. The summed E-state index contributed by atoms with van der Waals surface area (Å²) >= 11 is 0. The van der Waals surface area contributed by atoms with Gasteiger partial charge >= 0.3 is 6.18 Å². The van der Waals surface area contributed by atoms with E-state index in [-0.39, 0.29) is 18.1 Å². The minimum atomic E-state index is -4.38. The van der Waals surface area contributed by atoms with Crippen molar-refractivity contribution in [2.24, 2.45) is 0 Å². The van der Waals surface area contributed by atoms with E-state index in [9.17, 15) is 18.0 Å². The zero-order chi connectivity index (χ0) is 9.35. The van der Waals surface area contributed by atoms with Crippen molar-refractivity contribution in [2.75, 3.05) is 13.6 Å². The zero-order valence-corrected chi connectivity index (χ0v) is 6.48. The molecule has 68 valence electrons. The number of hydrogen-bond acceptors (Lipinski definition) is 1. The van der Waals surface area contributed by atoms with Crippen LogP contribution in [0.25, 0.3) is 0 Å². The molecule has 0 unspecified atom stereocenters. The van der Waals surface area contributed by atoms with E-state index in [1.807, 2.05) is 0 Å². The smallest absolute Gasteiger partial charge is 0.342 e. The zero-order valence-electron chi connectivity index (χ0n) is 6.48. The summed E-state index contributed by atoms with van der Waals surface area (Å²) in [5.41, 5.74) is -0.148. The highest BCUT2D eigenvalue weighted by Gasteiger charge is 2.30. The highest BCUT2D eigenvalue weighted by Crippen LogP contribution is 2.23. The molecule has 1 aliphatic rings. The molecule has 5 heteroatoms. The monoisotopic (exact) mass is 179 g/mol. The second kappa shape index (κ2) is 2.80. The van der Waals surface area contributed by atoms with Gasteiger partial charge in [-0.3, -0.25) is 4.79 Å². The summed E-state index contributed by atoms with van der Waals surface area (Å²) in [6.07, 6.45) is -4.11. The maximum Gasteiger partial charge on any atom is 0.410 e. The molecule has 0 aromatic rings. The third-order valence-electron chi connectivity index (χ3n) is 1.68. The van der Waals surface area contributed by atoms with Crippen molar-refractivity contribution >= 4 is 5.91 Å². The van der Waals surface area contributed by atoms with E-state index in [2.05, 4.69) is 0 Å². The van der Waals surface area contributed by atoms with Gasteiger partial charge in [-0.1, -0.05) is 0 Å². The van der Waals surface area contributed by atoms with Gasteiger partial charge in [0.25, 0.3) is 0 Å². The Morgan fingerprint density at radius 2 is 2.08 bits per heavy atom. The first-order chi connectivity index (χ1) is 5.40. The molecule has 2 nitrogen and oxygen atoms in total. The lowest BCUT2D eigenvalue weighted by Crippen LogP contribution is -2.19. The maximum absolute atomic E-state index is 11.8. The van der Waals surface area contributed by atoms with E-state index in [4.69, 9.17) is 0 Å². The van der Waals surface area contributed by atoms with Crippen LogP contribution in [0, 0.1) is 0 Å². The normalized spacial score (nSPS) is 22.5. The number of hydrogen-bond donors (Lipinski definition) is 0. The van der Waals surface area contributed by atoms with Crippen molar-refractivity contribution in [3.63, 3.8) is 0 Å². The van der Waals surface area contributed by atoms with Crippen molar-refractivity contribution in [2.45, 2.75) is 12.6 Å². The van der Waals surface area contributed by atoms with E-state index in [1.54, 1.807) is 0 Å². The first kappa shape index (κ1) is 9.09. The third-order valence-corrected chi connectivity index (χ3v) is 1.68. The number of nitrogens with zero attached hydrogens (tertiary/aromatic N) is 1. The van der Waals surface area contributed by atoms with Gasteiger partial charge in [0, 0.05) is 25.2 Å². The standard InChI is InChI=1S/C7H8F3NO/c1-11-3-2-5(6(11)12)4-7(8,9)10/h4H,2-3H2,1H3/b5-4-. The topological polar surface area (TPSA) is 20.3 Å². The fraction of sp³-hybridized carbons (Fsp3) is 0.571. The summed E-state index contributed by atoms with van der Waals surface area (Å²) in [4.78, 5) is 12.2. The largest absolute Gasteiger partial charge is 0.410 e. The molecule has 12 heavy (non-hydrogen) atoms. The average molecular weight is 179 g/mol. The lowest BCUT2D eigenvalue weighted by Gasteiger charge is -2.05. The molecule has 0 atom stereocenters. The minimum absolute atomic E-state index is 0.0822. The van der Waals surface area contributed by atoms with Crippen molar-refractivity contribution in [1.29, 1.82) is 0 Å². The Morgan fingerprint density at radius 1 is 1.50 bits per heavy atom. The van der Waals surface area contributed by atoms with Crippen LogP contribution in [0.2, 0.25) is 0 Å². The minimum Gasteiger partial charge on any atom is -0.342 e. The van der Waals surface area contributed by atoms with Crippen molar-refractivity contribution in [1.82, 2.24) is 4.90 Å². The summed E-state index contributed by atoms with van der Waals surface area (Å²) in [7, 11) is 1.49. The van der Waals surface area contributed by atoms with E-state index in [0.717, 1.165) is 0 Å². The summed E-state index contributed by atoms with van der Waals surface area (Å²) in [5, 5.41) is 0. The third kappa shape index (κ3) is 1.99. The van der Waals surface area contributed by atoms with E-state index < -0.39 is 12.1 Å². The fourth-order valence-corrected chi connectivity index (χ4v) is 1.07. The average Bonchev–Trinajstić information content (AvgIpc) is 2.16. The van der Waals surface area contributed by atoms with Crippen LogP contribution in [0.3, 0.4) is 0 Å². The van der Waals surface area contributed by atoms with Gasteiger partial charge in [-0.05, 0) is 6.42 Å². The Labute approximate surface area is 67.7 Å². The predicted molar refractivity (Wildman–Crippen MR) is 36.4 cm³/mol. The predicted octanol–water partition coefficient (Wildman–Crippen LogP) is 1.34. The van der Waals surface area contributed by atoms with E-state index in [0.29, 0.717) is 6.54 Å². The van der Waals surface area contributed by atoms with Crippen LogP contribution in [0.4, 0.5) is 13.2 Å². The molecule has 0 bridgehead atoms. The van der Waals surface area contributed by atoms with E-state index in [1.165, 1.54) is 11.9 Å². The van der Waals surface area contributed by atoms with Crippen LogP contribution in [0.5, 0.6) is 0 Å². The maximum atomic E-state index is 11.8. The van der Waals surface area contributed by atoms with Crippen LogP contribution in [0.15, 0.2) is 11.6 Å². The van der Waals surface area contributed by atoms with Gasteiger partial charge in [-0.2, -0.15) is 13.2 Å². The second-order valence-electron chi connectivity index (χ2n) is 2.69. The number of halogens is 3. The number of carbonyl (C=O) groups excluding carboxylic acids is 1. The SMILES string of the molecule is CN1CC/C(=C/C(F)(F)F)C1=O. The van der Waals surface area contributed by atoms with Crippen LogP contribution in [0.1, 0.15) is 6.42 Å². The lowest BCUT2D eigenvalue weighted by molar-refractivity contribution is -0.124. The molecule has 1 saturated heterocycles. The van der Waals surface area contributed by atoms with Crippen LogP contribution in [-0.2, 0) is 4.79 Å². The quantitative estimate of drug-likeness (QED) is 0.514. The van der Waals surface area contributed by atoms with Crippen molar-refractivity contribution in [3.05, 3.63) is 11.6 Å². The second-order valence-corrected chi connectivity index (χ2v) is 2.69. The van der Waals surface area contributed by atoms with Crippen LogP contribution >= 0.6 is 0 Å². The van der Waals surface area contributed by atoms with Crippen molar-refractivity contribution < 1.29 is 18.0 Å². The number of rotatable bonds is 0. The van der Waals surface area contributed by atoms with Gasteiger partial charge in [-0.25, -0.2) is 0 Å². The summed E-state index contributed by atoms with van der Waals surface area (Å²) < 4.78 is 35.3. The summed E-state index contributed by atoms with van der Waals surface area (Å²) in [6, 6.07) is 0. The summed E-state index contributed by atoms with van der Waals surface area (Å²) in [5.74, 6) is -0.521. The molecule has 0 N–H and O–H groups in total. The molecule has 1 rings (SSSR count). The Bertz CT molecular complexity index is 231. The van der Waals surface area contributed by atoms with Gasteiger partial charge in [0.2, 0.25) is 5.91 Å². The molecule has 0 aliphatic carbocycles. The first-order valence-corrected chi connectivity index (χ1v) is 3.44. The molecule has 0 radical (unpaired) electrons. The molecule has 0 aromatic carbocycles. The first-order valence-electron chi connectivity index (χ1n) is 3.44. The van der Waals surface area contributed by atoms with Gasteiger partial charge in [0.1, 0.15) is 0 Å². The van der Waals surface area contributed by atoms with Gasteiger partial charge < -0.3 is 4.90 Å². The van der Waals surface area contributed by atoms with Crippen molar-refractivity contribution in [3.8, 4) is 0 Å².